The molecule has 0 bridgehead atoms. The Balaban J connectivity index is 2.82. The van der Waals surface area contributed by atoms with Gasteiger partial charge in [0.05, 0.1) is 0 Å². The lowest BCUT2D eigenvalue weighted by Crippen LogP contribution is -2.49. The van der Waals surface area contributed by atoms with Gasteiger partial charge in [-0.3, -0.25) is 4.79 Å². The molecule has 3 N–H and O–H groups in total. The van der Waals surface area contributed by atoms with Gasteiger partial charge < -0.3 is 20.5 Å². The average Bonchev–Trinajstić information content (AvgIpc) is 2.48. The molecule has 0 fully saturated rings. The van der Waals surface area contributed by atoms with Gasteiger partial charge in [0.1, 0.15) is 24.0 Å². The number of hydrogen-bond donors (Lipinski definition) is 2. The number of hydrogen-bond acceptors (Lipinski definition) is 4. The van der Waals surface area contributed by atoms with E-state index in [1.807, 2.05) is 19.1 Å². The van der Waals surface area contributed by atoms with E-state index >= 15 is 0 Å². The van der Waals surface area contributed by atoms with Crippen LogP contribution in [0.15, 0.2) is 36.9 Å². The van der Waals surface area contributed by atoms with Crippen LogP contribution < -0.4 is 15.8 Å². The Labute approximate surface area is 143 Å². The standard InChI is InChI=1S/C18H26N2O4/c1-6-11-23-14-9-7-13(8-10-14)12(2)15(16(19)21)20-17(22)24-18(3,4)5/h6-10,12,15H,1,11H2,2-5H3,(H2,19,21)(H,20,22)/t12-,15?/m1/s1. The molecule has 0 saturated heterocycles. The molecule has 0 aliphatic rings. The molecule has 0 heterocycles. The number of benzene rings is 1. The van der Waals surface area contributed by atoms with E-state index in [0.717, 1.165) is 5.56 Å². The number of carbonyl (C=O) groups is 2. The van der Waals surface area contributed by atoms with Gasteiger partial charge in [-0.1, -0.05) is 31.7 Å². The Bertz CT molecular complexity index is 576. The van der Waals surface area contributed by atoms with Gasteiger partial charge in [-0.25, -0.2) is 4.79 Å². The van der Waals surface area contributed by atoms with Crippen LogP contribution in [-0.4, -0.2) is 30.3 Å². The van der Waals surface area contributed by atoms with E-state index in [4.69, 9.17) is 15.2 Å². The average molecular weight is 334 g/mol. The molecule has 0 radical (unpaired) electrons. The van der Waals surface area contributed by atoms with Crippen molar-refractivity contribution in [1.29, 1.82) is 0 Å². The zero-order valence-electron chi connectivity index (χ0n) is 14.7. The SMILES string of the molecule is C=CCOc1ccc([C@@H](C)C(NC(=O)OC(C)(C)C)C(N)=O)cc1. The molecular formula is C18H26N2O4. The molecule has 132 valence electrons. The van der Waals surface area contributed by atoms with Gasteiger partial charge in [-0.2, -0.15) is 0 Å². The summed E-state index contributed by atoms with van der Waals surface area (Å²) in [6.07, 6.45) is 0.980. The maximum atomic E-state index is 11.9. The molecule has 0 spiro atoms. The predicted octanol–water partition coefficient (Wildman–Crippen LogP) is 2.73. The largest absolute Gasteiger partial charge is 0.490 e. The molecule has 0 aliphatic heterocycles. The Morgan fingerprint density at radius 3 is 2.33 bits per heavy atom. The highest BCUT2D eigenvalue weighted by Crippen LogP contribution is 2.22. The molecule has 1 aromatic carbocycles. The van der Waals surface area contributed by atoms with Crippen LogP contribution in [-0.2, 0) is 9.53 Å². The topological polar surface area (TPSA) is 90.7 Å². The first-order valence-corrected chi connectivity index (χ1v) is 7.76. The van der Waals surface area contributed by atoms with Gasteiger partial charge >= 0.3 is 6.09 Å². The second kappa shape index (κ2) is 8.38. The zero-order chi connectivity index (χ0) is 18.3. The number of rotatable bonds is 7. The fraction of sp³-hybridized carbons (Fsp3) is 0.444. The summed E-state index contributed by atoms with van der Waals surface area (Å²) in [5.41, 5.74) is 5.63. The summed E-state index contributed by atoms with van der Waals surface area (Å²) in [5, 5.41) is 2.54. The Morgan fingerprint density at radius 1 is 1.29 bits per heavy atom. The van der Waals surface area contributed by atoms with Crippen LogP contribution >= 0.6 is 0 Å². The molecule has 2 amide bonds. The van der Waals surface area contributed by atoms with E-state index in [1.54, 1.807) is 39.0 Å². The van der Waals surface area contributed by atoms with Gasteiger partial charge in [-0.15, -0.1) is 0 Å². The summed E-state index contributed by atoms with van der Waals surface area (Å²) in [4.78, 5) is 23.7. The van der Waals surface area contributed by atoms with E-state index < -0.39 is 23.6 Å². The van der Waals surface area contributed by atoms with Crippen LogP contribution in [0.5, 0.6) is 5.75 Å². The minimum Gasteiger partial charge on any atom is -0.490 e. The van der Waals surface area contributed by atoms with Crippen molar-refractivity contribution in [2.45, 2.75) is 45.3 Å². The number of primary amides is 1. The molecule has 0 saturated carbocycles. The van der Waals surface area contributed by atoms with Crippen molar-refractivity contribution in [3.05, 3.63) is 42.5 Å². The van der Waals surface area contributed by atoms with E-state index in [9.17, 15) is 9.59 Å². The maximum absolute atomic E-state index is 11.9. The lowest BCUT2D eigenvalue weighted by molar-refractivity contribution is -0.120. The van der Waals surface area contributed by atoms with Crippen molar-refractivity contribution < 1.29 is 19.1 Å². The first-order chi connectivity index (χ1) is 11.1. The smallest absolute Gasteiger partial charge is 0.408 e. The first kappa shape index (κ1) is 19.5. The molecule has 24 heavy (non-hydrogen) atoms. The minimum absolute atomic E-state index is 0.316. The van der Waals surface area contributed by atoms with Crippen molar-refractivity contribution >= 4 is 12.0 Å². The van der Waals surface area contributed by atoms with Crippen molar-refractivity contribution in [3.8, 4) is 5.75 Å². The van der Waals surface area contributed by atoms with E-state index in [1.165, 1.54) is 0 Å². The van der Waals surface area contributed by atoms with E-state index in [0.29, 0.717) is 12.4 Å². The van der Waals surface area contributed by atoms with Crippen LogP contribution in [0.3, 0.4) is 0 Å². The van der Waals surface area contributed by atoms with Crippen LogP contribution in [0.4, 0.5) is 4.79 Å². The van der Waals surface area contributed by atoms with Crippen LogP contribution in [0.25, 0.3) is 0 Å². The van der Waals surface area contributed by atoms with Gasteiger partial charge in [0.15, 0.2) is 0 Å². The summed E-state index contributed by atoms with van der Waals surface area (Å²) in [6.45, 7) is 11.1. The summed E-state index contributed by atoms with van der Waals surface area (Å²) in [5.74, 6) is -0.245. The second-order valence-electron chi connectivity index (χ2n) is 6.48. The molecule has 1 unspecified atom stereocenters. The maximum Gasteiger partial charge on any atom is 0.408 e. The number of nitrogens with two attached hydrogens (primary N) is 1. The fourth-order valence-corrected chi connectivity index (χ4v) is 2.09. The van der Waals surface area contributed by atoms with Gasteiger partial charge in [-0.05, 0) is 38.5 Å². The summed E-state index contributed by atoms with van der Waals surface area (Å²) in [7, 11) is 0. The van der Waals surface area contributed by atoms with Gasteiger partial charge in [0, 0.05) is 5.92 Å². The molecule has 0 aliphatic carbocycles. The molecule has 6 nitrogen and oxygen atoms in total. The second-order valence-corrected chi connectivity index (χ2v) is 6.48. The van der Waals surface area contributed by atoms with Crippen molar-refractivity contribution in [2.75, 3.05) is 6.61 Å². The monoisotopic (exact) mass is 334 g/mol. The number of alkyl carbamates (subject to hydrolysis) is 1. The fourth-order valence-electron chi connectivity index (χ4n) is 2.09. The van der Waals surface area contributed by atoms with Crippen molar-refractivity contribution in [2.24, 2.45) is 5.73 Å². The predicted molar refractivity (Wildman–Crippen MR) is 92.9 cm³/mol. The molecule has 0 aromatic heterocycles. The molecule has 1 aromatic rings. The summed E-state index contributed by atoms with van der Waals surface area (Å²) in [6, 6.07) is 6.37. The molecule has 6 heteroatoms. The molecule has 1 rings (SSSR count). The van der Waals surface area contributed by atoms with Crippen molar-refractivity contribution in [3.63, 3.8) is 0 Å². The normalized spacial score (nSPS) is 13.5. The van der Waals surface area contributed by atoms with Crippen molar-refractivity contribution in [1.82, 2.24) is 5.32 Å². The Morgan fingerprint density at radius 2 is 1.88 bits per heavy atom. The Kier molecular flexibility index (Phi) is 6.82. The lowest BCUT2D eigenvalue weighted by Gasteiger charge is -2.25. The van der Waals surface area contributed by atoms with Crippen LogP contribution in [0.2, 0.25) is 0 Å². The highest BCUT2D eigenvalue weighted by atomic mass is 16.6. The molecular weight excluding hydrogens is 308 g/mol. The van der Waals surface area contributed by atoms with Gasteiger partial charge in [0.25, 0.3) is 0 Å². The number of amides is 2. The lowest BCUT2D eigenvalue weighted by atomic mass is 9.93. The summed E-state index contributed by atoms with van der Waals surface area (Å²) >= 11 is 0. The third-order valence-electron chi connectivity index (χ3n) is 3.25. The Hall–Kier alpha value is -2.50. The highest BCUT2D eigenvalue weighted by molar-refractivity contribution is 5.85. The first-order valence-electron chi connectivity index (χ1n) is 7.76. The van der Waals surface area contributed by atoms with Gasteiger partial charge in [0.2, 0.25) is 5.91 Å². The van der Waals surface area contributed by atoms with Crippen LogP contribution in [0.1, 0.15) is 39.2 Å². The highest BCUT2D eigenvalue weighted by Gasteiger charge is 2.28. The quantitative estimate of drug-likeness (QED) is 0.750. The van der Waals surface area contributed by atoms with E-state index in [2.05, 4.69) is 11.9 Å². The number of carbonyl (C=O) groups excluding carboxylic acids is 2. The zero-order valence-corrected chi connectivity index (χ0v) is 14.7. The summed E-state index contributed by atoms with van der Waals surface area (Å²) < 4.78 is 10.6. The number of ether oxygens (including phenoxy) is 2. The third-order valence-corrected chi connectivity index (χ3v) is 3.25. The minimum atomic E-state index is -0.875. The van der Waals surface area contributed by atoms with Crippen LogP contribution in [0, 0.1) is 0 Å². The molecule has 2 atom stereocenters. The third kappa shape index (κ3) is 6.32. The van der Waals surface area contributed by atoms with E-state index in [-0.39, 0.29) is 5.92 Å². The number of nitrogens with one attached hydrogen (secondary N) is 1.